The first-order chi connectivity index (χ1) is 17.3. The second-order valence-electron chi connectivity index (χ2n) is 7.93. The molecule has 0 spiro atoms. The number of carbonyl (C=O) groups excluding carboxylic acids is 1. The molecule has 1 saturated heterocycles. The maximum Gasteiger partial charge on any atom is 0.417 e. The molecular formula is C24H19F3N4O3S2. The Morgan fingerprint density at radius 3 is 2.44 bits per heavy atom. The predicted molar refractivity (Wildman–Crippen MR) is 130 cm³/mol. The van der Waals surface area contributed by atoms with Crippen LogP contribution in [0.1, 0.15) is 18.4 Å². The summed E-state index contributed by atoms with van der Waals surface area (Å²) in [6.07, 6.45) is -0.785. The van der Waals surface area contributed by atoms with Gasteiger partial charge in [-0.3, -0.25) is 0 Å². The fourth-order valence-corrected chi connectivity index (χ4v) is 5.97. The van der Waals surface area contributed by atoms with Gasteiger partial charge in [0.2, 0.25) is 5.88 Å². The van der Waals surface area contributed by atoms with Crippen LogP contribution < -0.4 is 9.47 Å². The van der Waals surface area contributed by atoms with Crippen molar-refractivity contribution in [1.82, 2.24) is 19.9 Å². The number of thioether (sulfide) groups is 1. The zero-order chi connectivity index (χ0) is 25.1. The first kappa shape index (κ1) is 24.3. The normalized spacial score (nSPS) is 14.7. The third-order valence-corrected chi connectivity index (χ3v) is 7.87. The van der Waals surface area contributed by atoms with E-state index in [1.54, 1.807) is 58.5 Å². The summed E-state index contributed by atoms with van der Waals surface area (Å²) in [6.45, 7) is 1.17. The largest absolute Gasteiger partial charge is 0.439 e. The van der Waals surface area contributed by atoms with Crippen LogP contribution in [0, 0.1) is 0 Å². The van der Waals surface area contributed by atoms with Crippen molar-refractivity contribution in [2.75, 3.05) is 13.1 Å². The van der Waals surface area contributed by atoms with Crippen molar-refractivity contribution >= 4 is 39.5 Å². The van der Waals surface area contributed by atoms with E-state index in [0.29, 0.717) is 36.0 Å². The number of hydrogen-bond acceptors (Lipinski definition) is 8. The number of ether oxygens (including phenoxy) is 2. The van der Waals surface area contributed by atoms with Crippen LogP contribution >= 0.6 is 23.1 Å². The molecule has 0 aliphatic carbocycles. The minimum atomic E-state index is -4.46. The molecule has 1 aromatic carbocycles. The number of piperidine rings is 1. The highest BCUT2D eigenvalue weighted by atomic mass is 32.2. The molecule has 1 fully saturated rings. The number of aromatic nitrogens is 3. The SMILES string of the molecule is O=C(Oc1ccc(Oc2ccc(C(F)(F)F)cn2)cc1)N1CCC(Sc2nc3ncccc3s2)CC1. The standard InChI is InChI=1S/C24H19F3N4O3S2/c25-24(26,27)15-3-8-20(29-14-15)33-16-4-6-17(7-5-16)34-23(32)31-12-9-18(10-13-31)35-22-30-21-19(36-22)2-1-11-28-21/h1-8,11,14,18H,9-10,12-13H2. The molecule has 0 atom stereocenters. The summed E-state index contributed by atoms with van der Waals surface area (Å²) >= 11 is 3.35. The average Bonchev–Trinajstić information content (AvgIpc) is 3.28. The van der Waals surface area contributed by atoms with Gasteiger partial charge in [-0.15, -0.1) is 11.3 Å². The molecule has 12 heteroatoms. The van der Waals surface area contributed by atoms with Crippen molar-refractivity contribution in [3.63, 3.8) is 0 Å². The van der Waals surface area contributed by atoms with Gasteiger partial charge in [0.1, 0.15) is 11.5 Å². The van der Waals surface area contributed by atoms with Gasteiger partial charge in [0.05, 0.1) is 10.3 Å². The lowest BCUT2D eigenvalue weighted by Gasteiger charge is -2.30. The van der Waals surface area contributed by atoms with Crippen molar-refractivity contribution < 1.29 is 27.4 Å². The van der Waals surface area contributed by atoms with Crippen molar-refractivity contribution in [2.45, 2.75) is 28.6 Å². The van der Waals surface area contributed by atoms with Gasteiger partial charge in [-0.05, 0) is 55.3 Å². The monoisotopic (exact) mass is 532 g/mol. The first-order valence-electron chi connectivity index (χ1n) is 11.0. The molecule has 4 heterocycles. The number of nitrogens with zero attached hydrogens (tertiary/aromatic N) is 4. The van der Waals surface area contributed by atoms with E-state index in [4.69, 9.17) is 9.47 Å². The number of amides is 1. The van der Waals surface area contributed by atoms with Crippen LogP contribution in [-0.4, -0.2) is 44.3 Å². The minimum Gasteiger partial charge on any atom is -0.439 e. The van der Waals surface area contributed by atoms with Crippen LogP contribution in [-0.2, 0) is 6.18 Å². The molecule has 3 aromatic heterocycles. The van der Waals surface area contributed by atoms with Gasteiger partial charge < -0.3 is 14.4 Å². The van der Waals surface area contributed by atoms with Gasteiger partial charge in [0.25, 0.3) is 0 Å². The smallest absolute Gasteiger partial charge is 0.417 e. The number of fused-ring (bicyclic) bond motifs is 1. The van der Waals surface area contributed by atoms with Crippen molar-refractivity contribution in [1.29, 1.82) is 0 Å². The molecule has 1 amide bonds. The highest BCUT2D eigenvalue weighted by Gasteiger charge is 2.30. The number of benzene rings is 1. The Bertz CT molecular complexity index is 1310. The van der Waals surface area contributed by atoms with Crippen LogP contribution in [0.4, 0.5) is 18.0 Å². The van der Waals surface area contributed by atoms with Gasteiger partial charge in [-0.1, -0.05) is 11.8 Å². The number of rotatable bonds is 5. The van der Waals surface area contributed by atoms with Gasteiger partial charge >= 0.3 is 12.3 Å². The lowest BCUT2D eigenvalue weighted by Crippen LogP contribution is -2.40. The first-order valence-corrected chi connectivity index (χ1v) is 12.7. The Hall–Kier alpha value is -3.38. The molecule has 186 valence electrons. The summed E-state index contributed by atoms with van der Waals surface area (Å²) in [6, 6.07) is 12.2. The maximum absolute atomic E-state index is 12.6. The van der Waals surface area contributed by atoms with Gasteiger partial charge in [-0.2, -0.15) is 13.2 Å². The molecule has 0 saturated carbocycles. The Morgan fingerprint density at radius 2 is 1.78 bits per heavy atom. The van der Waals surface area contributed by atoms with E-state index in [2.05, 4.69) is 15.0 Å². The minimum absolute atomic E-state index is 0.0237. The van der Waals surface area contributed by atoms with E-state index < -0.39 is 17.8 Å². The van der Waals surface area contributed by atoms with E-state index in [0.717, 1.165) is 39.7 Å². The number of hydrogen-bond donors (Lipinski definition) is 0. The Labute approximate surface area is 212 Å². The lowest BCUT2D eigenvalue weighted by atomic mass is 10.1. The number of pyridine rings is 2. The number of likely N-dealkylation sites (tertiary alicyclic amines) is 1. The van der Waals surface area contributed by atoms with Crippen LogP contribution in [0.25, 0.3) is 10.3 Å². The third-order valence-electron chi connectivity index (χ3n) is 5.43. The zero-order valence-corrected chi connectivity index (χ0v) is 20.3. The Balaban J connectivity index is 1.10. The van der Waals surface area contributed by atoms with Gasteiger partial charge in [0, 0.05) is 36.8 Å². The summed E-state index contributed by atoms with van der Waals surface area (Å²) < 4.78 is 50.9. The van der Waals surface area contributed by atoms with Crippen molar-refractivity contribution in [2.24, 2.45) is 0 Å². The molecule has 5 rings (SSSR count). The molecular weight excluding hydrogens is 513 g/mol. The van der Waals surface area contributed by atoms with E-state index in [9.17, 15) is 18.0 Å². The van der Waals surface area contributed by atoms with E-state index in [-0.39, 0.29) is 5.88 Å². The van der Waals surface area contributed by atoms with Crippen LogP contribution in [0.5, 0.6) is 17.4 Å². The molecule has 1 aliphatic heterocycles. The quantitative estimate of drug-likeness (QED) is 0.285. The predicted octanol–water partition coefficient (Wildman–Crippen LogP) is 6.65. The van der Waals surface area contributed by atoms with Crippen molar-refractivity contribution in [3.8, 4) is 17.4 Å². The summed E-state index contributed by atoms with van der Waals surface area (Å²) in [5.74, 6) is 0.715. The fourth-order valence-electron chi connectivity index (χ4n) is 3.57. The van der Waals surface area contributed by atoms with Gasteiger partial charge in [0.15, 0.2) is 9.99 Å². The van der Waals surface area contributed by atoms with Crippen LogP contribution in [0.2, 0.25) is 0 Å². The number of halogens is 3. The molecule has 1 aliphatic rings. The highest BCUT2D eigenvalue weighted by Crippen LogP contribution is 2.35. The molecule has 7 nitrogen and oxygen atoms in total. The summed E-state index contributed by atoms with van der Waals surface area (Å²) in [5, 5.41) is 0.366. The lowest BCUT2D eigenvalue weighted by molar-refractivity contribution is -0.137. The summed E-state index contributed by atoms with van der Waals surface area (Å²) in [5.41, 5.74) is -0.0909. The van der Waals surface area contributed by atoms with E-state index >= 15 is 0 Å². The topological polar surface area (TPSA) is 77.4 Å². The zero-order valence-electron chi connectivity index (χ0n) is 18.6. The molecule has 4 aromatic rings. The second kappa shape index (κ2) is 10.3. The molecule has 36 heavy (non-hydrogen) atoms. The Morgan fingerprint density at radius 1 is 1.03 bits per heavy atom. The van der Waals surface area contributed by atoms with Crippen LogP contribution in [0.3, 0.4) is 0 Å². The van der Waals surface area contributed by atoms with E-state index in [1.807, 2.05) is 12.1 Å². The number of carbonyl (C=O) groups is 1. The summed E-state index contributed by atoms with van der Waals surface area (Å²) in [4.78, 5) is 26.8. The highest BCUT2D eigenvalue weighted by molar-refractivity contribution is 8.01. The van der Waals surface area contributed by atoms with E-state index in [1.165, 1.54) is 0 Å². The number of thiazole rings is 1. The maximum atomic E-state index is 12.6. The van der Waals surface area contributed by atoms with Gasteiger partial charge in [-0.25, -0.2) is 19.7 Å². The van der Waals surface area contributed by atoms with Crippen molar-refractivity contribution in [3.05, 3.63) is 66.5 Å². The molecule has 0 unspecified atom stereocenters. The number of alkyl halides is 3. The van der Waals surface area contributed by atoms with Crippen LogP contribution in [0.15, 0.2) is 65.3 Å². The Kier molecular flexibility index (Phi) is 6.97. The fraction of sp³-hybridized carbons (Fsp3) is 0.250. The second-order valence-corrected chi connectivity index (χ2v) is 10.5. The molecule has 0 bridgehead atoms. The summed E-state index contributed by atoms with van der Waals surface area (Å²) in [7, 11) is 0. The average molecular weight is 533 g/mol. The molecule has 0 radical (unpaired) electrons. The third kappa shape index (κ3) is 5.88. The molecule has 0 N–H and O–H groups in total.